The zero-order valence-corrected chi connectivity index (χ0v) is 15.9. The second-order valence-electron chi connectivity index (χ2n) is 7.83. The van der Waals surface area contributed by atoms with Gasteiger partial charge in [-0.3, -0.25) is 14.5 Å². The first-order chi connectivity index (χ1) is 12.4. The molecule has 5 nitrogen and oxygen atoms in total. The first-order valence-electron chi connectivity index (χ1n) is 9.30. The Labute approximate surface area is 155 Å². The first kappa shape index (κ1) is 18.6. The van der Waals surface area contributed by atoms with Gasteiger partial charge in [-0.1, -0.05) is 39.8 Å². The van der Waals surface area contributed by atoms with E-state index in [1.807, 2.05) is 18.2 Å². The Bertz CT molecular complexity index is 705. The molecule has 0 radical (unpaired) electrons. The van der Waals surface area contributed by atoms with Gasteiger partial charge in [0, 0.05) is 30.7 Å². The van der Waals surface area contributed by atoms with Crippen LogP contribution in [0.1, 0.15) is 44.9 Å². The second kappa shape index (κ2) is 7.62. The zero-order chi connectivity index (χ0) is 18.8. The van der Waals surface area contributed by atoms with Gasteiger partial charge in [-0.25, -0.2) is 0 Å². The van der Waals surface area contributed by atoms with Crippen LogP contribution in [0.5, 0.6) is 5.75 Å². The molecule has 0 N–H and O–H groups in total. The molecule has 1 aliphatic heterocycles. The summed E-state index contributed by atoms with van der Waals surface area (Å²) in [4.78, 5) is 26.0. The highest BCUT2D eigenvalue weighted by molar-refractivity contribution is 6.13. The molecule has 0 saturated heterocycles. The first-order valence-corrected chi connectivity index (χ1v) is 9.30. The van der Waals surface area contributed by atoms with Gasteiger partial charge in [0.05, 0.1) is 18.8 Å². The van der Waals surface area contributed by atoms with Crippen molar-refractivity contribution >= 4 is 11.8 Å². The Kier molecular flexibility index (Phi) is 5.47. The van der Waals surface area contributed by atoms with Gasteiger partial charge in [-0.05, 0) is 23.5 Å². The molecule has 3 rings (SSSR count). The largest absolute Gasteiger partial charge is 0.493 e. The minimum atomic E-state index is -0.442. The highest BCUT2D eigenvalue weighted by atomic mass is 16.5. The number of carbonyl (C=O) groups excluding carboxylic acids is 2. The normalized spacial score (nSPS) is 22.0. The Morgan fingerprint density at radius 2 is 1.69 bits per heavy atom. The van der Waals surface area contributed by atoms with Crippen LogP contribution in [0, 0.1) is 11.8 Å². The fourth-order valence-corrected chi connectivity index (χ4v) is 3.45. The molecular formula is C21H27NO4. The molecule has 1 aliphatic carbocycles. The van der Waals surface area contributed by atoms with Crippen molar-refractivity contribution in [2.45, 2.75) is 46.3 Å². The molecule has 26 heavy (non-hydrogen) atoms. The van der Waals surface area contributed by atoms with Crippen LogP contribution in [-0.2, 0) is 20.7 Å². The molecule has 2 aliphatic rings. The highest BCUT2D eigenvalue weighted by Gasteiger charge is 2.44. The van der Waals surface area contributed by atoms with Crippen molar-refractivity contribution in [2.75, 3.05) is 13.2 Å². The van der Waals surface area contributed by atoms with Crippen molar-refractivity contribution in [3.63, 3.8) is 0 Å². The summed E-state index contributed by atoms with van der Waals surface area (Å²) in [5.41, 5.74) is 1.99. The van der Waals surface area contributed by atoms with E-state index in [1.165, 1.54) is 17.1 Å². The third kappa shape index (κ3) is 3.68. The Morgan fingerprint density at radius 3 is 2.31 bits per heavy atom. The molecule has 0 bridgehead atoms. The van der Waals surface area contributed by atoms with Gasteiger partial charge in [-0.2, -0.15) is 0 Å². The molecule has 0 spiro atoms. The number of benzene rings is 1. The molecule has 1 aromatic carbocycles. The summed E-state index contributed by atoms with van der Waals surface area (Å²) in [6.07, 6.45) is 3.08. The van der Waals surface area contributed by atoms with Gasteiger partial charge in [0.25, 0.3) is 11.8 Å². The van der Waals surface area contributed by atoms with Gasteiger partial charge in [0.15, 0.2) is 0 Å². The van der Waals surface area contributed by atoms with E-state index < -0.39 is 6.04 Å². The number of imide groups is 1. The topological polar surface area (TPSA) is 55.8 Å². The molecule has 2 amide bonds. The summed E-state index contributed by atoms with van der Waals surface area (Å²) >= 11 is 0. The minimum absolute atomic E-state index is 0.246. The number of hydrogen-bond donors (Lipinski definition) is 0. The number of hydrogen-bond acceptors (Lipinski definition) is 4. The lowest BCUT2D eigenvalue weighted by atomic mass is 10.0. The summed E-state index contributed by atoms with van der Waals surface area (Å²) in [5, 5.41) is 0. The summed E-state index contributed by atoms with van der Waals surface area (Å²) in [6.45, 7) is 9.52. The summed E-state index contributed by atoms with van der Waals surface area (Å²) in [6, 6.07) is 5.46. The average Bonchev–Trinajstić information content (AvgIpc) is 3.10. The smallest absolute Gasteiger partial charge is 0.254 e. The summed E-state index contributed by atoms with van der Waals surface area (Å²) in [7, 11) is 0. The Morgan fingerprint density at radius 1 is 1.04 bits per heavy atom. The van der Waals surface area contributed by atoms with Crippen molar-refractivity contribution in [3.05, 3.63) is 41.5 Å². The number of rotatable bonds is 7. The maximum atomic E-state index is 12.4. The van der Waals surface area contributed by atoms with Crippen LogP contribution in [0.2, 0.25) is 0 Å². The second-order valence-corrected chi connectivity index (χ2v) is 7.83. The van der Waals surface area contributed by atoms with E-state index in [9.17, 15) is 9.59 Å². The number of nitrogens with zero attached hydrogens (tertiary/aromatic N) is 1. The lowest BCUT2D eigenvalue weighted by molar-refractivity contribution is -0.143. The fourth-order valence-electron chi connectivity index (χ4n) is 3.45. The van der Waals surface area contributed by atoms with Gasteiger partial charge in [-0.15, -0.1) is 0 Å². The predicted octanol–water partition coefficient (Wildman–Crippen LogP) is 3.28. The van der Waals surface area contributed by atoms with E-state index in [-0.39, 0.29) is 17.9 Å². The maximum Gasteiger partial charge on any atom is 0.254 e. The molecule has 1 aromatic rings. The molecule has 1 heterocycles. The van der Waals surface area contributed by atoms with E-state index in [2.05, 4.69) is 27.7 Å². The van der Waals surface area contributed by atoms with E-state index >= 15 is 0 Å². The number of fused-ring (bicyclic) bond motifs is 1. The molecule has 5 heteroatoms. The van der Waals surface area contributed by atoms with Crippen molar-refractivity contribution in [3.8, 4) is 5.75 Å². The molecule has 0 unspecified atom stereocenters. The SMILES string of the molecule is CC(C)COc1cccc2c1[C@H](N1C(=O)C=CC1=O)[C@@H](OCC(C)C)C2. The van der Waals surface area contributed by atoms with Crippen LogP contribution in [0.4, 0.5) is 0 Å². The van der Waals surface area contributed by atoms with Crippen LogP contribution >= 0.6 is 0 Å². The fraction of sp³-hybridized carbons (Fsp3) is 0.524. The lowest BCUT2D eigenvalue weighted by Gasteiger charge is -2.30. The van der Waals surface area contributed by atoms with Gasteiger partial charge < -0.3 is 9.47 Å². The predicted molar refractivity (Wildman–Crippen MR) is 98.8 cm³/mol. The van der Waals surface area contributed by atoms with Crippen LogP contribution in [-0.4, -0.2) is 36.0 Å². The van der Waals surface area contributed by atoms with E-state index in [0.29, 0.717) is 31.5 Å². The van der Waals surface area contributed by atoms with Crippen molar-refractivity contribution in [2.24, 2.45) is 11.8 Å². The minimum Gasteiger partial charge on any atom is -0.493 e. The standard InChI is InChI=1S/C21H27NO4/c1-13(2)11-25-16-7-5-6-15-10-17(26-12-14(3)4)21(20(15)16)22-18(23)8-9-19(22)24/h5-9,13-14,17,21H,10-12H2,1-4H3/t17-,21+/m0/s1. The van der Waals surface area contributed by atoms with Gasteiger partial charge >= 0.3 is 0 Å². The van der Waals surface area contributed by atoms with Gasteiger partial charge in [0.2, 0.25) is 0 Å². The van der Waals surface area contributed by atoms with Crippen LogP contribution in [0.3, 0.4) is 0 Å². The van der Waals surface area contributed by atoms with E-state index in [0.717, 1.165) is 16.9 Å². The molecule has 0 aromatic heterocycles. The third-order valence-electron chi connectivity index (χ3n) is 4.56. The third-order valence-corrected chi connectivity index (χ3v) is 4.56. The molecule has 140 valence electrons. The van der Waals surface area contributed by atoms with Crippen LogP contribution in [0.25, 0.3) is 0 Å². The molecule has 0 saturated carbocycles. The monoisotopic (exact) mass is 357 g/mol. The Hall–Kier alpha value is -2.14. The molecule has 2 atom stereocenters. The lowest BCUT2D eigenvalue weighted by Crippen LogP contribution is -2.40. The number of amides is 2. The average molecular weight is 357 g/mol. The quantitative estimate of drug-likeness (QED) is 0.703. The van der Waals surface area contributed by atoms with Crippen molar-refractivity contribution in [1.82, 2.24) is 4.90 Å². The number of ether oxygens (including phenoxy) is 2. The molecular weight excluding hydrogens is 330 g/mol. The summed E-state index contributed by atoms with van der Waals surface area (Å²) in [5.74, 6) is 0.924. The molecule has 0 fully saturated rings. The Balaban J connectivity index is 1.97. The van der Waals surface area contributed by atoms with Crippen molar-refractivity contribution in [1.29, 1.82) is 0 Å². The summed E-state index contributed by atoms with van der Waals surface area (Å²) < 4.78 is 12.1. The van der Waals surface area contributed by atoms with Crippen molar-refractivity contribution < 1.29 is 19.1 Å². The van der Waals surface area contributed by atoms with Crippen LogP contribution in [0.15, 0.2) is 30.4 Å². The van der Waals surface area contributed by atoms with E-state index in [1.54, 1.807) is 0 Å². The zero-order valence-electron chi connectivity index (χ0n) is 15.9. The number of carbonyl (C=O) groups is 2. The van der Waals surface area contributed by atoms with Gasteiger partial charge in [0.1, 0.15) is 5.75 Å². The van der Waals surface area contributed by atoms with Crippen LogP contribution < -0.4 is 4.74 Å². The van der Waals surface area contributed by atoms with E-state index in [4.69, 9.17) is 9.47 Å². The highest BCUT2D eigenvalue weighted by Crippen LogP contribution is 2.44. The maximum absolute atomic E-state index is 12.4.